The van der Waals surface area contributed by atoms with Crippen LogP contribution in [0, 0.1) is 0 Å². The standard InChI is InChI=1S/C18H21F2O8P.2Na/c1-24-15-9-12(10-16(25-2)17(15)26-3)5-4-11-6-7-13(27-18(19)20)14(8-11)28-29(21,22)23;;/h6-10,18H,4-5H2,1-3H3,(H2,21,22,23);;/q;2*+1/p-2. The molecule has 0 unspecified atom stereocenters. The van der Waals surface area contributed by atoms with E-state index in [1.54, 1.807) is 12.1 Å². The first kappa shape index (κ1) is 30.4. The van der Waals surface area contributed by atoms with E-state index in [1.165, 1.54) is 27.4 Å². The summed E-state index contributed by atoms with van der Waals surface area (Å²) < 4.78 is 60.1. The molecule has 0 saturated carbocycles. The molecular weight excluding hydrogens is 459 g/mol. The van der Waals surface area contributed by atoms with Gasteiger partial charge in [0.25, 0.3) is 0 Å². The molecule has 0 heterocycles. The van der Waals surface area contributed by atoms with Crippen LogP contribution in [-0.2, 0) is 17.4 Å². The van der Waals surface area contributed by atoms with E-state index < -0.39 is 25.9 Å². The summed E-state index contributed by atoms with van der Waals surface area (Å²) in [6.45, 7) is -3.21. The molecular formula is C18H19F2Na2O8P. The number of benzene rings is 2. The van der Waals surface area contributed by atoms with Crippen LogP contribution < -0.4 is 92.4 Å². The number of ether oxygens (including phenoxy) is 4. The normalized spacial score (nSPS) is 10.6. The average Bonchev–Trinajstić information content (AvgIpc) is 2.65. The Balaban J connectivity index is 0.00000450. The third-order valence-corrected chi connectivity index (χ3v) is 4.28. The van der Waals surface area contributed by atoms with E-state index in [0.717, 1.165) is 17.7 Å². The maximum Gasteiger partial charge on any atom is 1.00 e. The molecule has 0 spiro atoms. The third kappa shape index (κ3) is 9.45. The molecule has 0 bridgehead atoms. The Kier molecular flexibility index (Phi) is 13.6. The van der Waals surface area contributed by atoms with E-state index in [1.807, 2.05) is 0 Å². The van der Waals surface area contributed by atoms with E-state index in [4.69, 9.17) is 14.2 Å². The number of hydrogen-bond donors (Lipinski definition) is 0. The zero-order valence-corrected chi connectivity index (χ0v) is 22.7. The summed E-state index contributed by atoms with van der Waals surface area (Å²) in [5.41, 5.74) is 1.34. The molecule has 160 valence electrons. The Labute approximate surface area is 223 Å². The van der Waals surface area contributed by atoms with Crippen LogP contribution in [0.1, 0.15) is 11.1 Å². The molecule has 2 aromatic rings. The molecule has 2 rings (SSSR count). The molecule has 8 nitrogen and oxygen atoms in total. The maximum absolute atomic E-state index is 12.5. The zero-order chi connectivity index (χ0) is 21.6. The Bertz CT molecular complexity index is 870. The number of methoxy groups -OCH3 is 3. The predicted molar refractivity (Wildman–Crippen MR) is 94.8 cm³/mol. The molecule has 0 atom stereocenters. The quantitative estimate of drug-likeness (QED) is 0.254. The molecule has 0 N–H and O–H groups in total. The second-order valence-corrected chi connectivity index (χ2v) is 6.81. The van der Waals surface area contributed by atoms with Crippen LogP contribution >= 0.6 is 7.82 Å². The Hall–Kier alpha value is -0.550. The van der Waals surface area contributed by atoms with Gasteiger partial charge in [0.05, 0.1) is 21.3 Å². The van der Waals surface area contributed by atoms with Crippen molar-refractivity contribution in [1.82, 2.24) is 0 Å². The molecule has 0 radical (unpaired) electrons. The van der Waals surface area contributed by atoms with Gasteiger partial charge in [0, 0.05) is 0 Å². The fourth-order valence-electron chi connectivity index (χ4n) is 2.66. The SMILES string of the molecule is COc1cc(CCc2ccc(OC(F)F)c(OP(=O)([O-])[O-])c2)cc(OC)c1OC.[Na+].[Na+]. The largest absolute Gasteiger partial charge is 1.00 e. The van der Waals surface area contributed by atoms with Gasteiger partial charge in [0.2, 0.25) is 5.75 Å². The monoisotopic (exact) mass is 478 g/mol. The van der Waals surface area contributed by atoms with Crippen molar-refractivity contribution in [3.8, 4) is 28.7 Å². The number of phosphoric acid groups is 1. The molecule has 0 amide bonds. The van der Waals surface area contributed by atoms with Gasteiger partial charge < -0.3 is 37.8 Å². The molecule has 0 aliphatic carbocycles. The summed E-state index contributed by atoms with van der Waals surface area (Å²) >= 11 is 0. The number of rotatable bonds is 10. The molecule has 0 aliphatic rings. The third-order valence-electron chi connectivity index (χ3n) is 3.86. The summed E-state index contributed by atoms with van der Waals surface area (Å²) in [5.74, 6) is 0.212. The summed E-state index contributed by atoms with van der Waals surface area (Å²) in [4.78, 5) is 21.8. The van der Waals surface area contributed by atoms with Gasteiger partial charge in [0.1, 0.15) is 7.82 Å². The number of aryl methyl sites for hydroxylation is 2. The van der Waals surface area contributed by atoms with Crippen molar-refractivity contribution >= 4 is 7.82 Å². The molecule has 13 heteroatoms. The Morgan fingerprint density at radius 2 is 1.35 bits per heavy atom. The molecule has 0 saturated heterocycles. The van der Waals surface area contributed by atoms with Crippen molar-refractivity contribution in [2.45, 2.75) is 19.5 Å². The van der Waals surface area contributed by atoms with Gasteiger partial charge in [-0.2, -0.15) is 8.78 Å². The van der Waals surface area contributed by atoms with Gasteiger partial charge in [0.15, 0.2) is 23.0 Å². The van der Waals surface area contributed by atoms with Gasteiger partial charge in [-0.1, -0.05) is 6.07 Å². The van der Waals surface area contributed by atoms with Gasteiger partial charge in [-0.15, -0.1) is 0 Å². The van der Waals surface area contributed by atoms with Crippen LogP contribution in [0.2, 0.25) is 0 Å². The fourth-order valence-corrected chi connectivity index (χ4v) is 3.05. The van der Waals surface area contributed by atoms with Crippen molar-refractivity contribution in [3.05, 3.63) is 41.5 Å². The van der Waals surface area contributed by atoms with Crippen molar-refractivity contribution in [2.75, 3.05) is 21.3 Å². The summed E-state index contributed by atoms with van der Waals surface area (Å²) in [6.07, 6.45) is 0.823. The first-order valence-corrected chi connectivity index (χ1v) is 9.71. The van der Waals surface area contributed by atoms with Crippen molar-refractivity contribution in [3.63, 3.8) is 0 Å². The van der Waals surface area contributed by atoms with E-state index >= 15 is 0 Å². The number of alkyl halides is 2. The smallest absolute Gasteiger partial charge is 0.780 e. The zero-order valence-electron chi connectivity index (χ0n) is 17.8. The average molecular weight is 478 g/mol. The molecule has 0 fully saturated rings. The minimum atomic E-state index is -5.46. The fraction of sp³-hybridized carbons (Fsp3) is 0.333. The predicted octanol–water partition coefficient (Wildman–Crippen LogP) is -3.69. The van der Waals surface area contributed by atoms with Gasteiger partial charge in [-0.25, -0.2) is 0 Å². The van der Waals surface area contributed by atoms with E-state index in [2.05, 4.69) is 9.26 Å². The van der Waals surface area contributed by atoms with Crippen LogP contribution in [-0.4, -0.2) is 27.9 Å². The van der Waals surface area contributed by atoms with Crippen LogP contribution in [0.25, 0.3) is 0 Å². The van der Waals surface area contributed by atoms with Gasteiger partial charge in [-0.3, -0.25) is 0 Å². The van der Waals surface area contributed by atoms with E-state index in [9.17, 15) is 23.1 Å². The van der Waals surface area contributed by atoms with Crippen molar-refractivity contribution < 1.29 is 106 Å². The van der Waals surface area contributed by atoms with Gasteiger partial charge in [-0.05, 0) is 48.2 Å². The summed E-state index contributed by atoms with van der Waals surface area (Å²) in [5, 5.41) is 0. The van der Waals surface area contributed by atoms with Crippen LogP contribution in [0.3, 0.4) is 0 Å². The summed E-state index contributed by atoms with van der Waals surface area (Å²) in [6, 6.07) is 7.23. The minimum absolute atomic E-state index is 0. The number of hydrogen-bond acceptors (Lipinski definition) is 8. The Morgan fingerprint density at radius 1 is 0.839 bits per heavy atom. The Morgan fingerprint density at radius 3 is 1.81 bits per heavy atom. The van der Waals surface area contributed by atoms with Gasteiger partial charge >= 0.3 is 65.7 Å². The second kappa shape index (κ2) is 13.9. The summed E-state index contributed by atoms with van der Waals surface area (Å²) in [7, 11) is -1.01. The molecule has 0 aromatic heterocycles. The van der Waals surface area contributed by atoms with Crippen LogP contribution in [0.5, 0.6) is 28.7 Å². The first-order chi connectivity index (χ1) is 13.7. The van der Waals surface area contributed by atoms with Crippen LogP contribution in [0.4, 0.5) is 8.78 Å². The molecule has 0 aliphatic heterocycles. The second-order valence-electron chi connectivity index (χ2n) is 5.73. The topological polar surface area (TPSA) is 109 Å². The first-order valence-electron chi connectivity index (χ1n) is 8.25. The van der Waals surface area contributed by atoms with E-state index in [-0.39, 0.29) is 59.1 Å². The van der Waals surface area contributed by atoms with Crippen LogP contribution in [0.15, 0.2) is 30.3 Å². The minimum Gasteiger partial charge on any atom is -0.780 e. The number of halogens is 2. The molecule has 2 aromatic carbocycles. The maximum atomic E-state index is 12.5. The van der Waals surface area contributed by atoms with E-state index in [0.29, 0.717) is 35.7 Å². The number of phosphoric ester groups is 1. The molecule has 31 heavy (non-hydrogen) atoms. The van der Waals surface area contributed by atoms with Crippen molar-refractivity contribution in [1.29, 1.82) is 0 Å². The van der Waals surface area contributed by atoms with Crippen molar-refractivity contribution in [2.24, 2.45) is 0 Å².